The maximum Gasteiger partial charge on any atom is 0.407 e. The van der Waals surface area contributed by atoms with Crippen molar-refractivity contribution in [3.8, 4) is 0 Å². The number of unbranched alkanes of at least 4 members (excludes halogenated alkanes) is 5. The van der Waals surface area contributed by atoms with E-state index in [1.807, 2.05) is 37.5 Å². The van der Waals surface area contributed by atoms with Gasteiger partial charge in [0.1, 0.15) is 71.5 Å². The van der Waals surface area contributed by atoms with Crippen molar-refractivity contribution in [2.24, 2.45) is 0 Å². The Morgan fingerprint density at radius 3 is 1.23 bits per heavy atom. The average molecular weight is 1400 g/mol. The highest BCUT2D eigenvalue weighted by Gasteiger charge is 2.27. The molecule has 14 heterocycles. The molecule has 0 aromatic carbocycles. The Morgan fingerprint density at radius 2 is 0.830 bits per heavy atom. The van der Waals surface area contributed by atoms with E-state index in [0.29, 0.717) is 64.2 Å². The molecule has 4 aromatic heterocycles. The minimum atomic E-state index is -0.914. The molecule has 0 radical (unpaired) electrons. The molecule has 10 aliphatic rings. The molecule has 8 N–H and O–H groups in total. The second-order valence-electron chi connectivity index (χ2n) is 25.1. The Balaban J connectivity index is 1.47. The molecule has 1 atom stereocenters. The van der Waals surface area contributed by atoms with E-state index in [1.165, 1.54) is 54.6 Å². The number of aromatic nitrogens is 4. The molecule has 0 saturated heterocycles. The number of ether oxygens (including phenoxy) is 1. The van der Waals surface area contributed by atoms with Crippen molar-refractivity contribution < 1.29 is 62.4 Å². The molecule has 0 spiro atoms. The van der Waals surface area contributed by atoms with E-state index in [4.69, 9.17) is 24.1 Å². The number of amides is 8. The first-order valence-corrected chi connectivity index (χ1v) is 34.8. The number of nitrogens with one attached hydrogen (secondary N) is 8. The molecular formula is C68H101N15O17. The number of pyridine rings is 4. The number of hydrogen-bond acceptors (Lipinski definition) is 20. The molecule has 550 valence electrons. The Morgan fingerprint density at radius 1 is 0.450 bits per heavy atom. The zero-order valence-corrected chi connectivity index (χ0v) is 58.8. The summed E-state index contributed by atoms with van der Waals surface area (Å²) in [5, 5.41) is 22.8. The molecule has 10 aliphatic heterocycles. The molecule has 1 unspecified atom stereocenters. The number of nitrogens with zero attached hydrogens (tertiary/aromatic N) is 7. The highest BCUT2D eigenvalue weighted by atomic mass is 16.7. The number of rotatable bonds is 25. The lowest BCUT2D eigenvalue weighted by molar-refractivity contribution is 0.0525. The third kappa shape index (κ3) is 24.7. The minimum Gasteiger partial charge on any atom is -0.444 e. The van der Waals surface area contributed by atoms with Crippen LogP contribution in [0.4, 0.5) is 4.79 Å². The highest BCUT2D eigenvalue weighted by Crippen LogP contribution is 2.11. The summed E-state index contributed by atoms with van der Waals surface area (Å²) < 4.78 is 8.75. The molecule has 0 aliphatic carbocycles. The van der Waals surface area contributed by atoms with Crippen molar-refractivity contribution in [1.82, 2.24) is 76.2 Å². The fraction of sp³-hybridized carbons (Fsp3) is 0.588. The van der Waals surface area contributed by atoms with E-state index in [0.717, 1.165) is 25.3 Å². The molecule has 8 bridgehead atoms. The van der Waals surface area contributed by atoms with E-state index >= 15 is 0 Å². The quantitative estimate of drug-likeness (QED) is 0.0418. The molecule has 8 amide bonds. The number of alkyl carbamates (subject to hydrolysis) is 1. The zero-order chi connectivity index (χ0) is 72.6. The maximum atomic E-state index is 14.5. The summed E-state index contributed by atoms with van der Waals surface area (Å²) in [5.74, 6) is -5.19. The molecule has 4 aromatic rings. The molecule has 32 nitrogen and oxygen atoms in total. The van der Waals surface area contributed by atoms with Gasteiger partial charge in [-0.1, -0.05) is 59.4 Å². The Kier molecular flexibility index (Phi) is 32.7. The van der Waals surface area contributed by atoms with Gasteiger partial charge in [-0.15, -0.1) is 18.9 Å². The van der Waals surface area contributed by atoms with E-state index in [9.17, 15) is 57.5 Å². The number of carbonyl (C=O) groups excluding carboxylic acids is 8. The maximum absolute atomic E-state index is 14.5. The van der Waals surface area contributed by atoms with Crippen LogP contribution in [0.5, 0.6) is 0 Å². The summed E-state index contributed by atoms with van der Waals surface area (Å²) in [7, 11) is 0. The van der Waals surface area contributed by atoms with Gasteiger partial charge in [0.25, 0.3) is 63.6 Å². The number of carbonyl (C=O) groups is 8. The van der Waals surface area contributed by atoms with E-state index < -0.39 is 81.3 Å². The second kappa shape index (κ2) is 41.1. The van der Waals surface area contributed by atoms with Crippen molar-refractivity contribution in [2.75, 3.05) is 131 Å². The predicted octanol–water partition coefficient (Wildman–Crippen LogP) is 0.454. The topological polar surface area (TPSA) is 377 Å². The standard InChI is InChI=1S/C68H101N15O17/c1-8-12-43-96-80-52(20-18-21-56(80)84)63(91)76-48(19-16-17-28-75-67(95)100-68(5,6)7)47-79-40-34-71-59(87)51-24-27-55(83(66(51)94)99-46-15-11-4)62(90)74-33-37-77-35-31-72-60(88)53-25-22-49(64(92)81(53)97-44-13-9-2)57(85)69-29-38-78(41-42-79)39-30-70-58(86)50-23-26-54(61(89)73-32-36-77)82(65(50)93)98-45-14-10-3/h18,20-27,48H,8-17,19,28-47H2,1-7H3,(H,69,85)(H,70,86)(H,71,87)(H,72,88)(H,73,89)(H,74,90)(H,75,95)(H,76,91). The van der Waals surface area contributed by atoms with Gasteiger partial charge >= 0.3 is 6.09 Å². The fourth-order valence-electron chi connectivity index (χ4n) is 10.5. The lowest BCUT2D eigenvalue weighted by atomic mass is 10.1. The highest BCUT2D eigenvalue weighted by molar-refractivity contribution is 5.98. The Bertz CT molecular complexity index is 3540. The molecule has 0 saturated carbocycles. The third-order valence-electron chi connectivity index (χ3n) is 16.0. The summed E-state index contributed by atoms with van der Waals surface area (Å²) in [5.41, 5.74) is -5.72. The van der Waals surface area contributed by atoms with E-state index in [2.05, 4.69) is 42.5 Å². The summed E-state index contributed by atoms with van der Waals surface area (Å²) in [4.78, 5) is 197. The summed E-state index contributed by atoms with van der Waals surface area (Å²) in [6.07, 6.45) is 5.49. The van der Waals surface area contributed by atoms with Gasteiger partial charge < -0.3 is 66.6 Å². The molecular weight excluding hydrogens is 1300 g/mol. The second-order valence-corrected chi connectivity index (χ2v) is 25.1. The van der Waals surface area contributed by atoms with E-state index in [-0.39, 0.29) is 171 Å². The monoisotopic (exact) mass is 1400 g/mol. The van der Waals surface area contributed by atoms with Crippen LogP contribution in [0, 0.1) is 0 Å². The van der Waals surface area contributed by atoms with Crippen molar-refractivity contribution in [3.05, 3.63) is 135 Å². The van der Waals surface area contributed by atoms with Crippen molar-refractivity contribution in [1.29, 1.82) is 0 Å². The summed E-state index contributed by atoms with van der Waals surface area (Å²) in [6, 6.07) is 11.1. The zero-order valence-electron chi connectivity index (χ0n) is 58.8. The first-order valence-electron chi connectivity index (χ1n) is 34.8. The third-order valence-corrected chi connectivity index (χ3v) is 16.0. The van der Waals surface area contributed by atoms with Crippen LogP contribution in [-0.2, 0) is 4.74 Å². The fourth-order valence-corrected chi connectivity index (χ4v) is 10.5. The van der Waals surface area contributed by atoms with Crippen LogP contribution in [0.1, 0.15) is 192 Å². The summed E-state index contributed by atoms with van der Waals surface area (Å²) in [6.45, 7) is 13.8. The smallest absolute Gasteiger partial charge is 0.407 e. The lowest BCUT2D eigenvalue weighted by Gasteiger charge is -2.31. The van der Waals surface area contributed by atoms with Crippen LogP contribution in [-0.4, -0.2) is 224 Å². The van der Waals surface area contributed by atoms with E-state index in [1.54, 1.807) is 25.7 Å². The van der Waals surface area contributed by atoms with Gasteiger partial charge in [-0.05, 0) is 108 Å². The van der Waals surface area contributed by atoms with Crippen molar-refractivity contribution in [3.63, 3.8) is 0 Å². The van der Waals surface area contributed by atoms with Crippen LogP contribution in [0.3, 0.4) is 0 Å². The normalized spacial score (nSPS) is 17.0. The average Bonchev–Trinajstić information content (AvgIpc) is 0.831. The summed E-state index contributed by atoms with van der Waals surface area (Å²) >= 11 is 0. The molecule has 0 fully saturated rings. The van der Waals surface area contributed by atoms with Crippen molar-refractivity contribution >= 4 is 47.4 Å². The predicted molar refractivity (Wildman–Crippen MR) is 371 cm³/mol. The lowest BCUT2D eigenvalue weighted by Crippen LogP contribution is -2.50. The SMILES string of the molecule is CCCCOn1c(C(=O)NC(CCCCNC(=O)OC(C)(C)C)CN2CCNC(=O)c3ccc(n(OCCCC)c3=O)C(=O)NCCN3CCNC(=O)c4ccc(c(=O)n4OCCCC)C(=O)NCCN(CCNC(=O)c4ccc(n(OCCCC)c4=O)C(=O)NCC3)CC2)cccc1=O. The minimum absolute atomic E-state index is 0.0140. The van der Waals surface area contributed by atoms with Gasteiger partial charge in [-0.3, -0.25) is 67.4 Å². The Labute approximate surface area is 581 Å². The van der Waals surface area contributed by atoms with Crippen LogP contribution in [0.15, 0.2) is 73.8 Å². The van der Waals surface area contributed by atoms with Gasteiger partial charge in [-0.25, -0.2) is 4.79 Å². The first kappa shape index (κ1) is 79.4. The van der Waals surface area contributed by atoms with Crippen LogP contribution in [0.25, 0.3) is 0 Å². The van der Waals surface area contributed by atoms with Gasteiger partial charge in [0.15, 0.2) is 0 Å². The van der Waals surface area contributed by atoms with Gasteiger partial charge in [-0.2, -0.15) is 0 Å². The van der Waals surface area contributed by atoms with Crippen molar-refractivity contribution in [2.45, 2.75) is 131 Å². The van der Waals surface area contributed by atoms with Gasteiger partial charge in [0.2, 0.25) is 0 Å². The molecule has 100 heavy (non-hydrogen) atoms. The Hall–Kier alpha value is -9.56. The molecule has 14 rings (SSSR count). The number of hydrogen-bond donors (Lipinski definition) is 8. The van der Waals surface area contributed by atoms with Crippen LogP contribution < -0.4 is 84.1 Å². The van der Waals surface area contributed by atoms with Gasteiger partial charge in [0.05, 0.1) is 0 Å². The molecule has 32 heteroatoms. The van der Waals surface area contributed by atoms with Crippen LogP contribution >= 0.6 is 0 Å². The van der Waals surface area contributed by atoms with Crippen LogP contribution in [0.2, 0.25) is 0 Å². The largest absolute Gasteiger partial charge is 0.444 e. The van der Waals surface area contributed by atoms with Gasteiger partial charge in [0, 0.05) is 117 Å². The first-order chi connectivity index (χ1) is 48.1.